The number of carboxylic acid groups (broad SMARTS) is 1. The summed E-state index contributed by atoms with van der Waals surface area (Å²) in [6.45, 7) is 0. The fourth-order valence-corrected chi connectivity index (χ4v) is 3.43. The Morgan fingerprint density at radius 2 is 1.73 bits per heavy atom. The summed E-state index contributed by atoms with van der Waals surface area (Å²) in [5.41, 5.74) is 6.43. The number of amides is 1. The molecule has 0 unspecified atom stereocenters. The van der Waals surface area contributed by atoms with E-state index in [2.05, 4.69) is 20.9 Å². The van der Waals surface area contributed by atoms with Gasteiger partial charge in [0.2, 0.25) is 10.9 Å². The van der Waals surface area contributed by atoms with Crippen LogP contribution in [0.3, 0.4) is 0 Å². The van der Waals surface area contributed by atoms with Crippen molar-refractivity contribution in [2.24, 2.45) is 0 Å². The zero-order valence-electron chi connectivity index (χ0n) is 13.0. The molecule has 9 heteroatoms. The maximum absolute atomic E-state index is 13.1. The van der Waals surface area contributed by atoms with E-state index >= 15 is 0 Å². The SMILES string of the molecule is Nc1nc(N(C(=O)O)c2ccc(F)cc2)sc1C(=O)c1ccc(Br)cc1. The van der Waals surface area contributed by atoms with Gasteiger partial charge in [0.1, 0.15) is 16.5 Å². The highest BCUT2D eigenvalue weighted by Gasteiger charge is 2.25. The summed E-state index contributed by atoms with van der Waals surface area (Å²) in [7, 11) is 0. The van der Waals surface area contributed by atoms with Gasteiger partial charge in [0, 0.05) is 10.0 Å². The molecule has 1 aromatic heterocycles. The molecule has 6 nitrogen and oxygen atoms in total. The third-order valence-corrected chi connectivity index (χ3v) is 5.01. The van der Waals surface area contributed by atoms with Crippen LogP contribution in [0.1, 0.15) is 15.2 Å². The number of hydrogen-bond donors (Lipinski definition) is 2. The van der Waals surface area contributed by atoms with Gasteiger partial charge in [0.05, 0.1) is 5.69 Å². The first-order valence-electron chi connectivity index (χ1n) is 7.22. The van der Waals surface area contributed by atoms with Gasteiger partial charge in [-0.1, -0.05) is 27.3 Å². The Balaban J connectivity index is 1.99. The maximum Gasteiger partial charge on any atom is 0.418 e. The van der Waals surface area contributed by atoms with Crippen molar-refractivity contribution in [2.45, 2.75) is 0 Å². The topological polar surface area (TPSA) is 96.5 Å². The number of carbonyl (C=O) groups excluding carboxylic acids is 1. The predicted octanol–water partition coefficient (Wildman–Crippen LogP) is 4.67. The molecular weight excluding hydrogens is 425 g/mol. The second kappa shape index (κ2) is 7.22. The second-order valence-corrected chi connectivity index (χ2v) is 7.03. The van der Waals surface area contributed by atoms with Crippen LogP contribution in [0, 0.1) is 5.82 Å². The molecule has 0 aliphatic heterocycles. The van der Waals surface area contributed by atoms with Crippen molar-refractivity contribution in [3.8, 4) is 0 Å². The minimum absolute atomic E-state index is 0.00192. The number of anilines is 3. The summed E-state index contributed by atoms with van der Waals surface area (Å²) in [6.07, 6.45) is -1.33. The lowest BCUT2D eigenvalue weighted by atomic mass is 10.1. The van der Waals surface area contributed by atoms with E-state index in [1.807, 2.05) is 0 Å². The van der Waals surface area contributed by atoms with Gasteiger partial charge in [-0.05, 0) is 48.5 Å². The third-order valence-electron chi connectivity index (χ3n) is 3.42. The van der Waals surface area contributed by atoms with Gasteiger partial charge in [-0.25, -0.2) is 19.1 Å². The van der Waals surface area contributed by atoms with Crippen LogP contribution < -0.4 is 10.6 Å². The lowest BCUT2D eigenvalue weighted by Gasteiger charge is -2.15. The fraction of sp³-hybridized carbons (Fsp3) is 0. The molecule has 3 N–H and O–H groups in total. The molecule has 1 amide bonds. The number of nitrogens with zero attached hydrogens (tertiary/aromatic N) is 2. The molecule has 26 heavy (non-hydrogen) atoms. The predicted molar refractivity (Wildman–Crippen MR) is 101 cm³/mol. The van der Waals surface area contributed by atoms with Crippen LogP contribution in [-0.4, -0.2) is 22.0 Å². The zero-order chi connectivity index (χ0) is 18.8. The normalized spacial score (nSPS) is 10.5. The van der Waals surface area contributed by atoms with Crippen LogP contribution in [0.4, 0.5) is 25.8 Å². The number of benzene rings is 2. The van der Waals surface area contributed by atoms with E-state index in [-0.39, 0.29) is 27.3 Å². The van der Waals surface area contributed by atoms with E-state index in [0.717, 1.165) is 32.8 Å². The fourth-order valence-electron chi connectivity index (χ4n) is 2.20. The Labute approximate surface area is 159 Å². The number of nitrogen functional groups attached to an aromatic ring is 1. The Hall–Kier alpha value is -2.78. The van der Waals surface area contributed by atoms with Gasteiger partial charge in [-0.3, -0.25) is 4.79 Å². The molecule has 0 aliphatic carbocycles. The largest absolute Gasteiger partial charge is 0.464 e. The standard InChI is InChI=1S/C17H11BrFN3O3S/c18-10-3-1-9(2-4-10)13(23)14-15(20)21-16(26-14)22(17(24)25)12-7-5-11(19)6-8-12/h1-8H,20H2,(H,24,25). The lowest BCUT2D eigenvalue weighted by Crippen LogP contribution is -2.23. The highest BCUT2D eigenvalue weighted by atomic mass is 79.9. The molecule has 0 bridgehead atoms. The van der Waals surface area contributed by atoms with Crippen molar-refractivity contribution in [3.05, 3.63) is 69.3 Å². The molecule has 0 saturated heterocycles. The number of aromatic nitrogens is 1. The molecule has 2 aromatic carbocycles. The lowest BCUT2D eigenvalue weighted by molar-refractivity contribution is 0.104. The third kappa shape index (κ3) is 3.58. The minimum Gasteiger partial charge on any atom is -0.464 e. The van der Waals surface area contributed by atoms with Crippen molar-refractivity contribution in [3.63, 3.8) is 0 Å². The molecule has 0 spiro atoms. The number of rotatable bonds is 4. The molecule has 1 heterocycles. The zero-order valence-corrected chi connectivity index (χ0v) is 15.4. The second-order valence-electron chi connectivity index (χ2n) is 5.14. The highest BCUT2D eigenvalue weighted by Crippen LogP contribution is 2.34. The number of carbonyl (C=O) groups is 2. The van der Waals surface area contributed by atoms with E-state index in [9.17, 15) is 19.1 Å². The number of thiazole rings is 1. The number of nitrogens with two attached hydrogens (primary N) is 1. The monoisotopic (exact) mass is 435 g/mol. The van der Waals surface area contributed by atoms with Crippen LogP contribution in [-0.2, 0) is 0 Å². The van der Waals surface area contributed by atoms with Gasteiger partial charge in [0.15, 0.2) is 0 Å². The number of hydrogen-bond acceptors (Lipinski definition) is 5. The smallest absolute Gasteiger partial charge is 0.418 e. The van der Waals surface area contributed by atoms with E-state index in [1.54, 1.807) is 24.3 Å². The number of halogens is 2. The first-order chi connectivity index (χ1) is 12.4. The van der Waals surface area contributed by atoms with Crippen molar-refractivity contribution in [2.75, 3.05) is 10.6 Å². The quantitative estimate of drug-likeness (QED) is 0.580. The van der Waals surface area contributed by atoms with Gasteiger partial charge in [-0.2, -0.15) is 0 Å². The maximum atomic E-state index is 13.1. The van der Waals surface area contributed by atoms with Crippen molar-refractivity contribution in [1.29, 1.82) is 0 Å². The summed E-state index contributed by atoms with van der Waals surface area (Å²) in [5.74, 6) is -0.918. The molecule has 3 aromatic rings. The molecule has 132 valence electrons. The van der Waals surface area contributed by atoms with Crippen LogP contribution in [0.15, 0.2) is 53.0 Å². The van der Waals surface area contributed by atoms with Crippen molar-refractivity contribution < 1.29 is 19.1 Å². The summed E-state index contributed by atoms with van der Waals surface area (Å²) in [5, 5.41) is 9.51. The van der Waals surface area contributed by atoms with E-state index in [4.69, 9.17) is 5.73 Å². The van der Waals surface area contributed by atoms with Crippen LogP contribution in [0.2, 0.25) is 0 Å². The first-order valence-corrected chi connectivity index (χ1v) is 8.83. The van der Waals surface area contributed by atoms with E-state index in [0.29, 0.717) is 5.56 Å². The molecule has 0 saturated carbocycles. The summed E-state index contributed by atoms with van der Waals surface area (Å²) in [6, 6.07) is 11.6. The summed E-state index contributed by atoms with van der Waals surface area (Å²) >= 11 is 4.15. The van der Waals surface area contributed by atoms with Crippen LogP contribution >= 0.6 is 27.3 Å². The number of ketones is 1. The molecule has 0 aliphatic rings. The average Bonchev–Trinajstić information content (AvgIpc) is 2.98. The molecule has 3 rings (SSSR count). The van der Waals surface area contributed by atoms with E-state index < -0.39 is 11.9 Å². The molecular formula is C17H11BrFN3O3S. The van der Waals surface area contributed by atoms with Gasteiger partial charge in [0.25, 0.3) is 0 Å². The Bertz CT molecular complexity index is 974. The molecule has 0 radical (unpaired) electrons. The van der Waals surface area contributed by atoms with Crippen LogP contribution in [0.25, 0.3) is 0 Å². The van der Waals surface area contributed by atoms with Crippen molar-refractivity contribution in [1.82, 2.24) is 4.98 Å². The Morgan fingerprint density at radius 1 is 1.12 bits per heavy atom. The summed E-state index contributed by atoms with van der Waals surface area (Å²) < 4.78 is 13.9. The van der Waals surface area contributed by atoms with Crippen molar-refractivity contribution >= 4 is 55.8 Å². The van der Waals surface area contributed by atoms with Gasteiger partial charge < -0.3 is 10.8 Å². The molecule has 0 atom stereocenters. The van der Waals surface area contributed by atoms with Gasteiger partial charge >= 0.3 is 6.09 Å². The van der Waals surface area contributed by atoms with Crippen LogP contribution in [0.5, 0.6) is 0 Å². The Morgan fingerprint density at radius 3 is 2.31 bits per heavy atom. The van der Waals surface area contributed by atoms with Gasteiger partial charge in [-0.15, -0.1) is 0 Å². The highest BCUT2D eigenvalue weighted by molar-refractivity contribution is 9.10. The molecule has 0 fully saturated rings. The summed E-state index contributed by atoms with van der Waals surface area (Å²) in [4.78, 5) is 29.3. The van der Waals surface area contributed by atoms with E-state index in [1.165, 1.54) is 12.1 Å². The minimum atomic E-state index is -1.33. The average molecular weight is 436 g/mol. The first kappa shape index (κ1) is 18.0. The Kier molecular flexibility index (Phi) is 5.01.